The zero-order chi connectivity index (χ0) is 14.6. The van der Waals surface area contributed by atoms with Crippen LogP contribution in [0.2, 0.25) is 0 Å². The highest BCUT2D eigenvalue weighted by Crippen LogP contribution is 2.18. The van der Waals surface area contributed by atoms with Gasteiger partial charge in [0.05, 0.1) is 16.5 Å². The maximum absolute atomic E-state index is 12.4. The lowest BCUT2D eigenvalue weighted by atomic mass is 10.1. The molecule has 0 aliphatic carbocycles. The van der Waals surface area contributed by atoms with E-state index in [1.807, 2.05) is 6.07 Å². The minimum atomic E-state index is -3.52. The minimum Gasteiger partial charge on any atom is -0.317 e. The molecule has 1 fully saturated rings. The molecule has 0 spiro atoms. The minimum absolute atomic E-state index is 0.0231. The lowest BCUT2D eigenvalue weighted by Crippen LogP contribution is -2.35. The predicted octanol–water partition coefficient (Wildman–Crippen LogP) is 1.29. The summed E-state index contributed by atoms with van der Waals surface area (Å²) in [5.74, 6) is 0. The van der Waals surface area contributed by atoms with Gasteiger partial charge in [0.1, 0.15) is 0 Å². The van der Waals surface area contributed by atoms with Gasteiger partial charge < -0.3 is 5.32 Å². The Morgan fingerprint density at radius 3 is 2.85 bits per heavy atom. The average Bonchev–Trinajstić information content (AvgIpc) is 2.66. The number of aryl methyl sites for hydroxylation is 1. The first-order chi connectivity index (χ1) is 9.53. The molecule has 0 aromatic heterocycles. The second-order valence-corrected chi connectivity index (χ2v) is 6.77. The van der Waals surface area contributed by atoms with E-state index in [0.29, 0.717) is 11.1 Å². The Kier molecular flexibility index (Phi) is 4.76. The molecule has 2 N–H and O–H groups in total. The number of hydrogen-bond donors (Lipinski definition) is 2. The van der Waals surface area contributed by atoms with Gasteiger partial charge in [-0.1, -0.05) is 0 Å². The Bertz CT molecular complexity index is 612. The second kappa shape index (κ2) is 6.35. The highest BCUT2D eigenvalue weighted by Gasteiger charge is 2.22. The van der Waals surface area contributed by atoms with Crippen LogP contribution in [0.25, 0.3) is 0 Å². The fourth-order valence-electron chi connectivity index (χ4n) is 2.44. The van der Waals surface area contributed by atoms with Gasteiger partial charge in [-0.2, -0.15) is 5.26 Å². The molecule has 20 heavy (non-hydrogen) atoms. The molecule has 0 amide bonds. The maximum atomic E-state index is 12.4. The fraction of sp³-hybridized carbons (Fsp3) is 0.500. The molecule has 1 unspecified atom stereocenters. The number of nitrogens with one attached hydrogen (secondary N) is 2. The van der Waals surface area contributed by atoms with Crippen LogP contribution in [0.1, 0.15) is 30.4 Å². The summed E-state index contributed by atoms with van der Waals surface area (Å²) < 4.78 is 27.6. The molecule has 1 heterocycles. The largest absolute Gasteiger partial charge is 0.317 e. The van der Waals surface area contributed by atoms with Crippen molar-refractivity contribution in [3.8, 4) is 6.07 Å². The SMILES string of the molecule is Cc1cc(C#N)ccc1S(=O)(=O)NC1CCCNCC1. The average molecular weight is 293 g/mol. The summed E-state index contributed by atoms with van der Waals surface area (Å²) in [6, 6.07) is 6.63. The van der Waals surface area contributed by atoms with Crippen LogP contribution in [0.4, 0.5) is 0 Å². The van der Waals surface area contributed by atoms with E-state index < -0.39 is 10.0 Å². The van der Waals surface area contributed by atoms with Crippen LogP contribution in [0.15, 0.2) is 23.1 Å². The van der Waals surface area contributed by atoms with Crippen LogP contribution >= 0.6 is 0 Å². The molecule has 6 heteroatoms. The molecular weight excluding hydrogens is 274 g/mol. The van der Waals surface area contributed by atoms with E-state index >= 15 is 0 Å². The quantitative estimate of drug-likeness (QED) is 0.879. The summed E-state index contributed by atoms with van der Waals surface area (Å²) in [4.78, 5) is 0.258. The zero-order valence-corrected chi connectivity index (χ0v) is 12.3. The Morgan fingerprint density at radius 2 is 2.15 bits per heavy atom. The van der Waals surface area contributed by atoms with Gasteiger partial charge in [-0.15, -0.1) is 0 Å². The summed E-state index contributed by atoms with van der Waals surface area (Å²) in [7, 11) is -3.52. The summed E-state index contributed by atoms with van der Waals surface area (Å²) in [5, 5.41) is 12.1. The van der Waals surface area contributed by atoms with Gasteiger partial charge in [-0.25, -0.2) is 13.1 Å². The van der Waals surface area contributed by atoms with E-state index in [9.17, 15) is 8.42 Å². The van der Waals surface area contributed by atoms with Crippen LogP contribution in [-0.4, -0.2) is 27.5 Å². The van der Waals surface area contributed by atoms with E-state index in [2.05, 4.69) is 10.0 Å². The number of nitrogens with zero attached hydrogens (tertiary/aromatic N) is 1. The van der Waals surface area contributed by atoms with Crippen molar-refractivity contribution < 1.29 is 8.42 Å². The van der Waals surface area contributed by atoms with Crippen molar-refractivity contribution in [2.24, 2.45) is 0 Å². The molecule has 1 saturated heterocycles. The Balaban J connectivity index is 2.19. The third-order valence-electron chi connectivity index (χ3n) is 3.49. The van der Waals surface area contributed by atoms with Gasteiger partial charge >= 0.3 is 0 Å². The van der Waals surface area contributed by atoms with Crippen LogP contribution in [0, 0.1) is 18.3 Å². The van der Waals surface area contributed by atoms with Crippen molar-refractivity contribution >= 4 is 10.0 Å². The van der Waals surface area contributed by atoms with Gasteiger partial charge in [-0.3, -0.25) is 0 Å². The molecule has 0 bridgehead atoms. The number of rotatable bonds is 3. The van der Waals surface area contributed by atoms with Crippen molar-refractivity contribution in [3.63, 3.8) is 0 Å². The van der Waals surface area contributed by atoms with E-state index in [1.165, 1.54) is 12.1 Å². The number of nitriles is 1. The number of sulfonamides is 1. The summed E-state index contributed by atoms with van der Waals surface area (Å²) in [5.41, 5.74) is 1.07. The topological polar surface area (TPSA) is 82.0 Å². The second-order valence-electron chi connectivity index (χ2n) is 5.09. The van der Waals surface area contributed by atoms with Crippen molar-refractivity contribution in [1.29, 1.82) is 5.26 Å². The van der Waals surface area contributed by atoms with E-state index in [1.54, 1.807) is 13.0 Å². The fourth-order valence-corrected chi connectivity index (χ4v) is 3.97. The van der Waals surface area contributed by atoms with Crippen molar-refractivity contribution in [2.75, 3.05) is 13.1 Å². The molecule has 0 saturated carbocycles. The highest BCUT2D eigenvalue weighted by atomic mass is 32.2. The summed E-state index contributed by atoms with van der Waals surface area (Å²) in [6.07, 6.45) is 2.62. The van der Waals surface area contributed by atoms with Gasteiger partial charge in [-0.05, 0) is 63.0 Å². The molecule has 1 aliphatic rings. The van der Waals surface area contributed by atoms with Crippen LogP contribution in [-0.2, 0) is 10.0 Å². The molecule has 2 rings (SSSR count). The molecular formula is C14H19N3O2S. The molecule has 1 aromatic rings. The Morgan fingerprint density at radius 1 is 1.35 bits per heavy atom. The van der Waals surface area contributed by atoms with E-state index in [0.717, 1.165) is 32.4 Å². The Hall–Kier alpha value is -1.42. The number of hydrogen-bond acceptors (Lipinski definition) is 4. The smallest absolute Gasteiger partial charge is 0.241 e. The van der Waals surface area contributed by atoms with Crippen LogP contribution in [0.5, 0.6) is 0 Å². The molecule has 5 nitrogen and oxygen atoms in total. The molecule has 108 valence electrons. The lowest BCUT2D eigenvalue weighted by Gasteiger charge is -2.17. The Labute approximate surface area is 120 Å². The monoisotopic (exact) mass is 293 g/mol. The standard InChI is InChI=1S/C14H19N3O2S/c1-11-9-12(10-15)4-5-14(11)20(18,19)17-13-3-2-7-16-8-6-13/h4-5,9,13,16-17H,2-3,6-8H2,1H3. The van der Waals surface area contributed by atoms with E-state index in [4.69, 9.17) is 5.26 Å². The van der Waals surface area contributed by atoms with Crippen molar-refractivity contribution in [3.05, 3.63) is 29.3 Å². The lowest BCUT2D eigenvalue weighted by molar-refractivity contribution is 0.518. The molecule has 1 atom stereocenters. The molecule has 0 radical (unpaired) electrons. The maximum Gasteiger partial charge on any atom is 0.241 e. The van der Waals surface area contributed by atoms with Crippen LogP contribution in [0.3, 0.4) is 0 Å². The van der Waals surface area contributed by atoms with Gasteiger partial charge in [0.25, 0.3) is 0 Å². The molecule has 1 aromatic carbocycles. The highest BCUT2D eigenvalue weighted by molar-refractivity contribution is 7.89. The number of benzene rings is 1. The summed E-state index contributed by atoms with van der Waals surface area (Å²) >= 11 is 0. The third kappa shape index (κ3) is 3.57. The first kappa shape index (κ1) is 15.0. The zero-order valence-electron chi connectivity index (χ0n) is 11.5. The molecule has 1 aliphatic heterocycles. The van der Waals surface area contributed by atoms with E-state index in [-0.39, 0.29) is 10.9 Å². The van der Waals surface area contributed by atoms with Gasteiger partial charge in [0.15, 0.2) is 0 Å². The van der Waals surface area contributed by atoms with Crippen LogP contribution < -0.4 is 10.0 Å². The first-order valence-corrected chi connectivity index (χ1v) is 8.25. The normalized spacial score (nSPS) is 20.1. The van der Waals surface area contributed by atoms with Gasteiger partial charge in [0.2, 0.25) is 10.0 Å². The summed E-state index contributed by atoms with van der Waals surface area (Å²) in [6.45, 7) is 3.48. The van der Waals surface area contributed by atoms with Crippen molar-refractivity contribution in [1.82, 2.24) is 10.0 Å². The first-order valence-electron chi connectivity index (χ1n) is 6.77. The van der Waals surface area contributed by atoms with Crippen molar-refractivity contribution in [2.45, 2.75) is 37.1 Å². The van der Waals surface area contributed by atoms with Gasteiger partial charge in [0, 0.05) is 6.04 Å². The third-order valence-corrected chi connectivity index (χ3v) is 5.17. The predicted molar refractivity (Wildman–Crippen MR) is 76.7 cm³/mol.